The second-order valence-corrected chi connectivity index (χ2v) is 5.66. The molecule has 1 rings (SSSR count). The van der Waals surface area contributed by atoms with E-state index in [0.29, 0.717) is 6.42 Å². The maximum absolute atomic E-state index is 12.1. The third kappa shape index (κ3) is 5.00. The first-order chi connectivity index (χ1) is 9.45. The maximum atomic E-state index is 12.1. The molecule has 0 aromatic carbocycles. The molecule has 0 aliphatic carbocycles. The van der Waals surface area contributed by atoms with Gasteiger partial charge in [-0.2, -0.15) is 0 Å². The van der Waals surface area contributed by atoms with Crippen molar-refractivity contribution in [1.82, 2.24) is 15.1 Å². The predicted octanol–water partition coefficient (Wildman–Crippen LogP) is 1.22. The van der Waals surface area contributed by atoms with Gasteiger partial charge in [0.1, 0.15) is 0 Å². The highest BCUT2D eigenvalue weighted by Gasteiger charge is 2.25. The van der Waals surface area contributed by atoms with Crippen LogP contribution in [0.25, 0.3) is 0 Å². The molecule has 20 heavy (non-hydrogen) atoms. The molecule has 1 fully saturated rings. The minimum atomic E-state index is -0.839. The number of nitrogens with zero attached hydrogens (tertiary/aromatic N) is 2. The SMILES string of the molecule is CCCC(CNC(=O)N(C)C1CCN(C)CC1)C(=O)O. The van der Waals surface area contributed by atoms with Gasteiger partial charge in [-0.1, -0.05) is 13.3 Å². The van der Waals surface area contributed by atoms with Crippen LogP contribution in [0, 0.1) is 5.92 Å². The molecule has 1 unspecified atom stereocenters. The van der Waals surface area contributed by atoms with Gasteiger partial charge in [0.15, 0.2) is 0 Å². The van der Waals surface area contributed by atoms with Gasteiger partial charge >= 0.3 is 12.0 Å². The Kier molecular flexibility index (Phi) is 6.78. The Morgan fingerprint density at radius 3 is 2.50 bits per heavy atom. The third-order valence-electron chi connectivity index (χ3n) is 4.04. The Balaban J connectivity index is 2.39. The first-order valence-electron chi connectivity index (χ1n) is 7.37. The largest absolute Gasteiger partial charge is 0.481 e. The standard InChI is InChI=1S/C14H27N3O3/c1-4-5-11(13(18)19)10-15-14(20)17(3)12-6-8-16(2)9-7-12/h11-12H,4-10H2,1-3H3,(H,15,20)(H,18,19). The molecule has 0 radical (unpaired) electrons. The smallest absolute Gasteiger partial charge is 0.317 e. The van der Waals surface area contributed by atoms with Crippen LogP contribution in [0.2, 0.25) is 0 Å². The molecule has 1 atom stereocenters. The molecule has 1 heterocycles. The van der Waals surface area contributed by atoms with Crippen molar-refractivity contribution in [1.29, 1.82) is 0 Å². The second-order valence-electron chi connectivity index (χ2n) is 5.66. The van der Waals surface area contributed by atoms with E-state index in [1.165, 1.54) is 0 Å². The van der Waals surface area contributed by atoms with Crippen LogP contribution in [-0.2, 0) is 4.79 Å². The van der Waals surface area contributed by atoms with E-state index in [2.05, 4.69) is 17.3 Å². The lowest BCUT2D eigenvalue weighted by Crippen LogP contribution is -2.49. The predicted molar refractivity (Wildman–Crippen MR) is 77.7 cm³/mol. The van der Waals surface area contributed by atoms with E-state index in [-0.39, 0.29) is 18.6 Å². The lowest BCUT2D eigenvalue weighted by atomic mass is 10.0. The van der Waals surface area contributed by atoms with Crippen molar-refractivity contribution in [2.75, 3.05) is 33.7 Å². The second kappa shape index (κ2) is 8.09. The molecule has 0 aromatic heterocycles. The number of hydrogen-bond donors (Lipinski definition) is 2. The number of carboxylic acids is 1. The molecule has 0 aromatic rings. The average Bonchev–Trinajstić information content (AvgIpc) is 2.42. The van der Waals surface area contributed by atoms with E-state index in [1.54, 1.807) is 11.9 Å². The summed E-state index contributed by atoms with van der Waals surface area (Å²) in [4.78, 5) is 27.1. The average molecular weight is 285 g/mol. The van der Waals surface area contributed by atoms with Crippen LogP contribution in [0.15, 0.2) is 0 Å². The normalized spacial score (nSPS) is 18.6. The Morgan fingerprint density at radius 1 is 1.40 bits per heavy atom. The summed E-state index contributed by atoms with van der Waals surface area (Å²) in [5.41, 5.74) is 0. The van der Waals surface area contributed by atoms with E-state index in [9.17, 15) is 9.59 Å². The van der Waals surface area contributed by atoms with Crippen molar-refractivity contribution in [3.8, 4) is 0 Å². The lowest BCUT2D eigenvalue weighted by molar-refractivity contribution is -0.141. The topological polar surface area (TPSA) is 72.9 Å². The number of carboxylic acid groups (broad SMARTS) is 1. The molecule has 6 nitrogen and oxygen atoms in total. The summed E-state index contributed by atoms with van der Waals surface area (Å²) in [6.45, 7) is 4.15. The quantitative estimate of drug-likeness (QED) is 0.769. The van der Waals surface area contributed by atoms with E-state index >= 15 is 0 Å². The molecule has 6 heteroatoms. The molecule has 1 aliphatic rings. The summed E-state index contributed by atoms with van der Waals surface area (Å²) in [5, 5.41) is 11.8. The van der Waals surface area contributed by atoms with Crippen molar-refractivity contribution < 1.29 is 14.7 Å². The fourth-order valence-electron chi connectivity index (χ4n) is 2.54. The van der Waals surface area contributed by atoms with Crippen molar-refractivity contribution in [2.24, 2.45) is 5.92 Å². The Morgan fingerprint density at radius 2 is 2.00 bits per heavy atom. The van der Waals surface area contributed by atoms with Crippen LogP contribution >= 0.6 is 0 Å². The van der Waals surface area contributed by atoms with Gasteiger partial charge in [-0.15, -0.1) is 0 Å². The summed E-state index contributed by atoms with van der Waals surface area (Å²) < 4.78 is 0. The van der Waals surface area contributed by atoms with Gasteiger partial charge in [0.2, 0.25) is 0 Å². The molecule has 2 amide bonds. The molecule has 1 saturated heterocycles. The number of hydrogen-bond acceptors (Lipinski definition) is 3. The van der Waals surface area contributed by atoms with Gasteiger partial charge in [0.05, 0.1) is 5.92 Å². The van der Waals surface area contributed by atoms with Crippen LogP contribution in [0.1, 0.15) is 32.6 Å². The number of nitrogens with one attached hydrogen (secondary N) is 1. The molecule has 0 spiro atoms. The summed E-state index contributed by atoms with van der Waals surface area (Å²) in [6, 6.07) is 0.0857. The summed E-state index contributed by atoms with van der Waals surface area (Å²) in [7, 11) is 3.87. The number of likely N-dealkylation sites (tertiary alicyclic amines) is 1. The summed E-state index contributed by atoms with van der Waals surface area (Å²) in [6.07, 6.45) is 3.33. The van der Waals surface area contributed by atoms with Gasteiger partial charge < -0.3 is 20.2 Å². The number of carbonyl (C=O) groups excluding carboxylic acids is 1. The van der Waals surface area contributed by atoms with E-state index in [4.69, 9.17) is 5.11 Å². The highest BCUT2D eigenvalue weighted by molar-refractivity contribution is 5.76. The van der Waals surface area contributed by atoms with Crippen LogP contribution in [0.5, 0.6) is 0 Å². The molecule has 116 valence electrons. The summed E-state index contributed by atoms with van der Waals surface area (Å²) >= 11 is 0. The van der Waals surface area contributed by atoms with Crippen molar-refractivity contribution in [2.45, 2.75) is 38.6 Å². The number of amides is 2. The van der Waals surface area contributed by atoms with Crippen LogP contribution in [0.3, 0.4) is 0 Å². The fourth-order valence-corrected chi connectivity index (χ4v) is 2.54. The zero-order chi connectivity index (χ0) is 15.1. The number of piperidine rings is 1. The van der Waals surface area contributed by atoms with Crippen LogP contribution in [0.4, 0.5) is 4.79 Å². The van der Waals surface area contributed by atoms with Crippen LogP contribution in [-0.4, -0.2) is 66.7 Å². The zero-order valence-corrected chi connectivity index (χ0v) is 12.8. The molecule has 0 saturated carbocycles. The van der Waals surface area contributed by atoms with Crippen molar-refractivity contribution in [3.63, 3.8) is 0 Å². The Labute approximate surface area is 121 Å². The fraction of sp³-hybridized carbons (Fsp3) is 0.857. The molecular formula is C14H27N3O3. The van der Waals surface area contributed by atoms with Gasteiger partial charge in [-0.05, 0) is 39.4 Å². The van der Waals surface area contributed by atoms with Gasteiger partial charge in [0, 0.05) is 19.6 Å². The van der Waals surface area contributed by atoms with Crippen LogP contribution < -0.4 is 5.32 Å². The van der Waals surface area contributed by atoms with Gasteiger partial charge in [0.25, 0.3) is 0 Å². The highest BCUT2D eigenvalue weighted by Crippen LogP contribution is 2.14. The van der Waals surface area contributed by atoms with Gasteiger partial charge in [-0.3, -0.25) is 4.79 Å². The highest BCUT2D eigenvalue weighted by atomic mass is 16.4. The van der Waals surface area contributed by atoms with E-state index in [1.807, 2.05) is 6.92 Å². The summed E-state index contributed by atoms with van der Waals surface area (Å²) in [5.74, 6) is -1.33. The molecule has 1 aliphatic heterocycles. The maximum Gasteiger partial charge on any atom is 0.317 e. The number of urea groups is 1. The minimum Gasteiger partial charge on any atom is -0.481 e. The van der Waals surface area contributed by atoms with Gasteiger partial charge in [-0.25, -0.2) is 4.79 Å². The lowest BCUT2D eigenvalue weighted by Gasteiger charge is -2.35. The third-order valence-corrected chi connectivity index (χ3v) is 4.04. The first-order valence-corrected chi connectivity index (χ1v) is 7.37. The van der Waals surface area contributed by atoms with E-state index < -0.39 is 11.9 Å². The Bertz CT molecular complexity index is 328. The van der Waals surface area contributed by atoms with Crippen molar-refractivity contribution >= 4 is 12.0 Å². The minimum absolute atomic E-state index is 0.165. The molecule has 2 N–H and O–H groups in total. The Hall–Kier alpha value is -1.30. The molecule has 0 bridgehead atoms. The van der Waals surface area contributed by atoms with E-state index in [0.717, 1.165) is 32.4 Å². The van der Waals surface area contributed by atoms with Crippen molar-refractivity contribution in [3.05, 3.63) is 0 Å². The zero-order valence-electron chi connectivity index (χ0n) is 12.8. The monoisotopic (exact) mass is 285 g/mol. The number of rotatable bonds is 6. The number of aliphatic carboxylic acids is 1. The first kappa shape index (κ1) is 16.8. The molecular weight excluding hydrogens is 258 g/mol. The number of carbonyl (C=O) groups is 2.